The Bertz CT molecular complexity index is 605. The molecule has 2 aromatic carbocycles. The molecule has 0 aromatic heterocycles. The molecule has 2 nitrogen and oxygen atoms in total. The zero-order chi connectivity index (χ0) is 15.9. The molecule has 21 heavy (non-hydrogen) atoms. The second-order valence-electron chi connectivity index (χ2n) is 5.16. The smallest absolute Gasteiger partial charge is 0.0148 e. The summed E-state index contributed by atoms with van der Waals surface area (Å²) < 4.78 is 2.05. The Morgan fingerprint density at radius 2 is 0.905 bits per heavy atom. The Balaban J connectivity index is 2.61. The monoisotopic (exact) mass is 538 g/mol. The van der Waals surface area contributed by atoms with Gasteiger partial charge in [-0.25, -0.2) is 0 Å². The van der Waals surface area contributed by atoms with E-state index in [1.54, 1.807) is 0 Å². The van der Waals surface area contributed by atoms with Crippen LogP contribution in [0.3, 0.4) is 0 Å². The van der Waals surface area contributed by atoms with Crippen LogP contribution in [-0.2, 0) is 5.41 Å². The van der Waals surface area contributed by atoms with Gasteiger partial charge in [-0.05, 0) is 35.4 Å². The molecule has 112 valence electrons. The van der Waals surface area contributed by atoms with E-state index in [1.165, 1.54) is 0 Å². The van der Waals surface area contributed by atoms with Crippen molar-refractivity contribution in [1.82, 2.24) is 0 Å². The summed E-state index contributed by atoms with van der Waals surface area (Å²) in [5.74, 6) is -0.154. The SMILES string of the molecule is CC(C)(c1cc(Br)c([O-])c(Br)c1)c1cc(Br)c([O-])c(Br)c1. The molecule has 0 radical (unpaired) electrons. The van der Waals surface area contributed by atoms with Gasteiger partial charge in [0.1, 0.15) is 0 Å². The van der Waals surface area contributed by atoms with E-state index < -0.39 is 0 Å². The minimum absolute atomic E-state index is 0.0770. The third-order valence-electron chi connectivity index (χ3n) is 3.44. The van der Waals surface area contributed by atoms with E-state index in [2.05, 4.69) is 63.7 Å². The molecule has 0 aliphatic carbocycles. The topological polar surface area (TPSA) is 46.1 Å². The first-order valence-electron chi connectivity index (χ1n) is 5.97. The van der Waals surface area contributed by atoms with Crippen molar-refractivity contribution >= 4 is 63.7 Å². The van der Waals surface area contributed by atoms with Gasteiger partial charge in [0.2, 0.25) is 0 Å². The maximum absolute atomic E-state index is 11.8. The van der Waals surface area contributed by atoms with E-state index in [-0.39, 0.29) is 16.9 Å². The summed E-state index contributed by atoms with van der Waals surface area (Å²) in [4.78, 5) is 0. The van der Waals surface area contributed by atoms with Crippen molar-refractivity contribution < 1.29 is 10.2 Å². The number of halogens is 4. The fourth-order valence-electron chi connectivity index (χ4n) is 2.01. The molecule has 0 aliphatic rings. The van der Waals surface area contributed by atoms with Crippen LogP contribution < -0.4 is 10.2 Å². The van der Waals surface area contributed by atoms with E-state index in [9.17, 15) is 10.2 Å². The molecule has 0 spiro atoms. The molecule has 0 aliphatic heterocycles. The molecule has 0 bridgehead atoms. The highest BCUT2D eigenvalue weighted by Gasteiger charge is 2.25. The molecule has 2 rings (SSSR count). The van der Waals surface area contributed by atoms with E-state index in [0.29, 0.717) is 17.9 Å². The Morgan fingerprint density at radius 3 is 1.14 bits per heavy atom. The van der Waals surface area contributed by atoms with Crippen molar-refractivity contribution in [1.29, 1.82) is 0 Å². The fraction of sp³-hybridized carbons (Fsp3) is 0.200. The highest BCUT2D eigenvalue weighted by molar-refractivity contribution is 9.11. The predicted octanol–water partition coefficient (Wildman–Crippen LogP) is 5.21. The first-order valence-corrected chi connectivity index (χ1v) is 9.15. The Morgan fingerprint density at radius 1 is 0.667 bits per heavy atom. The van der Waals surface area contributed by atoms with Gasteiger partial charge in [-0.15, -0.1) is 0 Å². The third kappa shape index (κ3) is 3.33. The summed E-state index contributed by atoms with van der Waals surface area (Å²) in [5, 5.41) is 23.6. The van der Waals surface area contributed by atoms with Crippen molar-refractivity contribution in [3.05, 3.63) is 53.3 Å². The van der Waals surface area contributed by atoms with Crippen molar-refractivity contribution in [2.75, 3.05) is 0 Å². The first-order chi connectivity index (χ1) is 9.64. The van der Waals surface area contributed by atoms with Crippen molar-refractivity contribution in [2.45, 2.75) is 19.3 Å². The lowest BCUT2D eigenvalue weighted by molar-refractivity contribution is -0.271. The fourth-order valence-corrected chi connectivity index (χ4v) is 4.38. The van der Waals surface area contributed by atoms with Gasteiger partial charge in [0.15, 0.2) is 0 Å². The molecular weight excluding hydrogens is 532 g/mol. The lowest BCUT2D eigenvalue weighted by atomic mass is 9.78. The summed E-state index contributed by atoms with van der Waals surface area (Å²) in [5.41, 5.74) is 1.58. The largest absolute Gasteiger partial charge is 0.871 e. The number of rotatable bonds is 2. The average Bonchev–Trinajstić information content (AvgIpc) is 2.40. The van der Waals surface area contributed by atoms with Gasteiger partial charge in [0.25, 0.3) is 0 Å². The van der Waals surface area contributed by atoms with Crippen molar-refractivity contribution in [2.24, 2.45) is 0 Å². The Kier molecular flexibility index (Phi) is 5.13. The molecule has 0 N–H and O–H groups in total. The molecule has 6 heteroatoms. The van der Waals surface area contributed by atoms with Crippen LogP contribution in [0.15, 0.2) is 42.2 Å². The highest BCUT2D eigenvalue weighted by atomic mass is 79.9. The molecule has 0 unspecified atom stereocenters. The van der Waals surface area contributed by atoms with Gasteiger partial charge < -0.3 is 10.2 Å². The van der Waals surface area contributed by atoms with E-state index in [1.807, 2.05) is 38.1 Å². The Hall–Kier alpha value is -0.0400. The van der Waals surface area contributed by atoms with Crippen LogP contribution in [0, 0.1) is 0 Å². The standard InChI is InChI=1S/C15H12Br4O2/c1-15(2,7-3-9(16)13(20)10(17)4-7)8-5-11(18)14(21)12(19)6-8/h3-6,20-21H,1-2H3/p-2. The van der Waals surface area contributed by atoms with Crippen molar-refractivity contribution in [3.8, 4) is 11.5 Å². The van der Waals surface area contributed by atoms with E-state index >= 15 is 0 Å². The maximum atomic E-state index is 11.8. The van der Waals surface area contributed by atoms with Crippen LogP contribution in [0.1, 0.15) is 25.0 Å². The summed E-state index contributed by atoms with van der Waals surface area (Å²) in [7, 11) is 0. The summed E-state index contributed by atoms with van der Waals surface area (Å²) >= 11 is 13.2. The molecule has 0 amide bonds. The molecular formula is C15H10Br4O2-2. The van der Waals surface area contributed by atoms with E-state index in [0.717, 1.165) is 11.1 Å². The van der Waals surface area contributed by atoms with Gasteiger partial charge in [0.05, 0.1) is 0 Å². The average molecular weight is 542 g/mol. The second-order valence-corrected chi connectivity index (χ2v) is 8.58. The predicted molar refractivity (Wildman–Crippen MR) is 94.7 cm³/mol. The normalized spacial score (nSPS) is 11.7. The highest BCUT2D eigenvalue weighted by Crippen LogP contribution is 2.41. The second kappa shape index (κ2) is 6.22. The molecule has 0 saturated carbocycles. The number of hydrogen-bond donors (Lipinski definition) is 0. The zero-order valence-corrected chi connectivity index (χ0v) is 17.5. The van der Waals surface area contributed by atoms with Crippen LogP contribution in [0.25, 0.3) is 0 Å². The van der Waals surface area contributed by atoms with Crippen LogP contribution >= 0.6 is 63.7 Å². The van der Waals surface area contributed by atoms with Crippen molar-refractivity contribution in [3.63, 3.8) is 0 Å². The van der Waals surface area contributed by atoms with E-state index in [4.69, 9.17) is 0 Å². The summed E-state index contributed by atoms with van der Waals surface area (Å²) in [6, 6.07) is 7.28. The van der Waals surface area contributed by atoms with Gasteiger partial charge in [-0.1, -0.05) is 89.1 Å². The third-order valence-corrected chi connectivity index (χ3v) is 5.80. The first kappa shape index (κ1) is 17.3. The van der Waals surface area contributed by atoms with Crippen LogP contribution in [-0.4, -0.2) is 0 Å². The van der Waals surface area contributed by atoms with Gasteiger partial charge in [-0.2, -0.15) is 0 Å². The van der Waals surface area contributed by atoms with Gasteiger partial charge in [-0.3, -0.25) is 0 Å². The quantitative estimate of drug-likeness (QED) is 0.524. The van der Waals surface area contributed by atoms with Crippen LogP contribution in [0.4, 0.5) is 0 Å². The molecule has 0 saturated heterocycles. The summed E-state index contributed by atoms with van der Waals surface area (Å²) in [6.45, 7) is 4.09. The van der Waals surface area contributed by atoms with Crippen LogP contribution in [0.5, 0.6) is 11.5 Å². The molecule has 0 fully saturated rings. The lowest BCUT2D eigenvalue weighted by Crippen LogP contribution is -2.19. The molecule has 2 aromatic rings. The lowest BCUT2D eigenvalue weighted by Gasteiger charge is -2.29. The number of benzene rings is 2. The zero-order valence-electron chi connectivity index (χ0n) is 11.1. The summed E-state index contributed by atoms with van der Waals surface area (Å²) in [6.07, 6.45) is 0. The minimum atomic E-state index is -0.364. The number of hydrogen-bond acceptors (Lipinski definition) is 2. The molecule has 0 atom stereocenters. The maximum Gasteiger partial charge on any atom is 0.0148 e. The van der Waals surface area contributed by atoms with Gasteiger partial charge in [0, 0.05) is 23.3 Å². The van der Waals surface area contributed by atoms with Crippen LogP contribution in [0.2, 0.25) is 0 Å². The molecule has 0 heterocycles. The minimum Gasteiger partial charge on any atom is -0.871 e. The van der Waals surface area contributed by atoms with Gasteiger partial charge >= 0.3 is 0 Å². The Labute approximate surface area is 157 Å².